The summed E-state index contributed by atoms with van der Waals surface area (Å²) >= 11 is 1.21. The quantitative estimate of drug-likeness (QED) is 0.315. The average molecular weight is 403 g/mol. The second-order valence-electron chi connectivity index (χ2n) is 6.63. The summed E-state index contributed by atoms with van der Waals surface area (Å²) in [6.45, 7) is 2.40. The molecule has 1 fully saturated rings. The van der Waals surface area contributed by atoms with Crippen LogP contribution >= 0.6 is 11.3 Å². The van der Waals surface area contributed by atoms with Gasteiger partial charge in [-0.2, -0.15) is 0 Å². The highest BCUT2D eigenvalue weighted by Crippen LogP contribution is 2.40. The number of guanidine groups is 1. The van der Waals surface area contributed by atoms with E-state index >= 15 is 0 Å². The zero-order valence-electron chi connectivity index (χ0n) is 15.6. The maximum absolute atomic E-state index is 12.1. The van der Waals surface area contributed by atoms with Gasteiger partial charge in [-0.3, -0.25) is 4.99 Å². The Morgan fingerprint density at radius 3 is 2.69 bits per heavy atom. The molecule has 0 radical (unpaired) electrons. The fourth-order valence-corrected chi connectivity index (χ4v) is 5.37. The van der Waals surface area contributed by atoms with Gasteiger partial charge in [0.15, 0.2) is 5.96 Å². The number of thiophene rings is 1. The molecule has 0 atom stereocenters. The highest BCUT2D eigenvalue weighted by Gasteiger charge is 2.33. The first-order chi connectivity index (χ1) is 12.5. The highest BCUT2D eigenvalue weighted by molar-refractivity contribution is 7.91. The lowest BCUT2D eigenvalue weighted by atomic mass is 9.83. The molecular formula is C17H30N4O3S2. The third kappa shape index (κ3) is 6.22. The van der Waals surface area contributed by atoms with Crippen molar-refractivity contribution in [2.45, 2.75) is 36.3 Å². The molecule has 26 heavy (non-hydrogen) atoms. The van der Waals surface area contributed by atoms with Gasteiger partial charge in [0, 0.05) is 40.4 Å². The maximum Gasteiger partial charge on any atom is 0.250 e. The maximum atomic E-state index is 12.1. The largest absolute Gasteiger partial charge is 0.385 e. The summed E-state index contributed by atoms with van der Waals surface area (Å²) in [6, 6.07) is 3.33. The number of nitrogens with zero attached hydrogens (tertiary/aromatic N) is 1. The van der Waals surface area contributed by atoms with Crippen molar-refractivity contribution >= 4 is 27.3 Å². The predicted octanol–water partition coefficient (Wildman–Crippen LogP) is 1.79. The summed E-state index contributed by atoms with van der Waals surface area (Å²) in [4.78, 5) is 4.23. The molecule has 1 aromatic rings. The summed E-state index contributed by atoms with van der Waals surface area (Å²) in [7, 11) is 0.0550. The number of rotatable bonds is 10. The van der Waals surface area contributed by atoms with E-state index in [-0.39, 0.29) is 5.41 Å². The zero-order chi connectivity index (χ0) is 18.9. The third-order valence-electron chi connectivity index (χ3n) is 4.82. The van der Waals surface area contributed by atoms with Crippen molar-refractivity contribution in [3.8, 4) is 0 Å². The molecule has 1 aliphatic carbocycles. The van der Waals surface area contributed by atoms with E-state index in [9.17, 15) is 8.42 Å². The molecule has 0 bridgehead atoms. The Labute approximate surface area is 160 Å². The van der Waals surface area contributed by atoms with E-state index in [1.54, 1.807) is 31.7 Å². The minimum absolute atomic E-state index is 0.272. The summed E-state index contributed by atoms with van der Waals surface area (Å²) < 4.78 is 32.3. The number of nitrogens with one attached hydrogen (secondary N) is 3. The Balaban J connectivity index is 1.74. The van der Waals surface area contributed by atoms with Crippen molar-refractivity contribution in [1.82, 2.24) is 15.4 Å². The van der Waals surface area contributed by atoms with Crippen LogP contribution in [0.15, 0.2) is 26.7 Å². The van der Waals surface area contributed by atoms with Gasteiger partial charge in [-0.25, -0.2) is 13.1 Å². The van der Waals surface area contributed by atoms with E-state index in [4.69, 9.17) is 4.74 Å². The first-order valence-corrected chi connectivity index (χ1v) is 11.3. The number of methoxy groups -OCH3 is 1. The third-order valence-corrected chi connectivity index (χ3v) is 7.68. The molecule has 7 nitrogen and oxygen atoms in total. The van der Waals surface area contributed by atoms with Gasteiger partial charge in [0.25, 0.3) is 0 Å². The number of aliphatic imine (C=N–C) groups is 1. The van der Waals surface area contributed by atoms with Gasteiger partial charge in [-0.15, -0.1) is 11.3 Å². The second-order valence-corrected chi connectivity index (χ2v) is 9.57. The second kappa shape index (κ2) is 10.2. The van der Waals surface area contributed by atoms with Crippen LogP contribution in [-0.4, -0.2) is 54.8 Å². The molecule has 0 amide bonds. The van der Waals surface area contributed by atoms with Crippen LogP contribution in [0.5, 0.6) is 0 Å². The molecule has 1 saturated carbocycles. The lowest BCUT2D eigenvalue weighted by Gasteiger charge is -2.30. The summed E-state index contributed by atoms with van der Waals surface area (Å²) in [6.07, 6.45) is 6.00. The zero-order valence-corrected chi connectivity index (χ0v) is 17.2. The topological polar surface area (TPSA) is 91.8 Å². The summed E-state index contributed by atoms with van der Waals surface area (Å²) in [5, 5.41) is 8.31. The molecule has 3 N–H and O–H groups in total. The fourth-order valence-electron chi connectivity index (χ4n) is 3.30. The minimum Gasteiger partial charge on any atom is -0.385 e. The van der Waals surface area contributed by atoms with Crippen LogP contribution in [-0.2, 0) is 14.8 Å². The van der Waals surface area contributed by atoms with Crippen molar-refractivity contribution in [3.05, 3.63) is 17.5 Å². The Bertz CT molecular complexity index is 654. The number of hydrogen-bond donors (Lipinski definition) is 3. The van der Waals surface area contributed by atoms with Crippen LogP contribution in [0.25, 0.3) is 0 Å². The molecule has 1 aromatic heterocycles. The monoisotopic (exact) mass is 402 g/mol. The van der Waals surface area contributed by atoms with Gasteiger partial charge in [-0.05, 0) is 36.1 Å². The van der Waals surface area contributed by atoms with Crippen molar-refractivity contribution < 1.29 is 13.2 Å². The van der Waals surface area contributed by atoms with Gasteiger partial charge in [0.05, 0.1) is 0 Å². The van der Waals surface area contributed by atoms with Crippen LogP contribution in [0.4, 0.5) is 0 Å². The van der Waals surface area contributed by atoms with Crippen molar-refractivity contribution in [3.63, 3.8) is 0 Å². The smallest absolute Gasteiger partial charge is 0.250 e. The molecular weight excluding hydrogens is 372 g/mol. The Morgan fingerprint density at radius 1 is 1.31 bits per heavy atom. The standard InChI is InChI=1S/C17H30N4O3S2/c1-18-16(20-14-17(9-12-24-2)7-3-4-8-17)19-10-11-21-26(22,23)15-6-5-13-25-15/h5-6,13,21H,3-4,7-12,14H2,1-2H3,(H2,18,19,20). The minimum atomic E-state index is -3.41. The molecule has 0 saturated heterocycles. The van der Waals surface area contributed by atoms with Gasteiger partial charge in [-0.1, -0.05) is 18.9 Å². The van der Waals surface area contributed by atoms with Crippen molar-refractivity contribution in [1.29, 1.82) is 0 Å². The van der Waals surface area contributed by atoms with E-state index in [2.05, 4.69) is 20.3 Å². The van der Waals surface area contributed by atoms with Crippen LogP contribution in [0.2, 0.25) is 0 Å². The number of ether oxygens (including phenoxy) is 1. The molecule has 2 rings (SSSR count). The number of hydrogen-bond acceptors (Lipinski definition) is 5. The molecule has 1 aliphatic rings. The molecule has 0 aliphatic heterocycles. The van der Waals surface area contributed by atoms with Crippen molar-refractivity contribution in [2.24, 2.45) is 10.4 Å². The molecule has 0 spiro atoms. The average Bonchev–Trinajstić information content (AvgIpc) is 3.32. The normalized spacial score (nSPS) is 17.4. The van der Waals surface area contributed by atoms with Crippen LogP contribution < -0.4 is 15.4 Å². The Kier molecular flexibility index (Phi) is 8.33. The van der Waals surface area contributed by atoms with Crippen molar-refractivity contribution in [2.75, 3.05) is 40.4 Å². The van der Waals surface area contributed by atoms with E-state index in [0.29, 0.717) is 23.3 Å². The first kappa shape index (κ1) is 21.1. The van der Waals surface area contributed by atoms with Gasteiger partial charge in [0.1, 0.15) is 4.21 Å². The van der Waals surface area contributed by atoms with E-state index in [1.165, 1.54) is 37.0 Å². The number of sulfonamides is 1. The lowest BCUT2D eigenvalue weighted by molar-refractivity contribution is 0.138. The van der Waals surface area contributed by atoms with E-state index < -0.39 is 10.0 Å². The SMILES string of the molecule is CN=C(NCCNS(=O)(=O)c1cccs1)NCC1(CCOC)CCCC1. The summed E-state index contributed by atoms with van der Waals surface area (Å²) in [5.41, 5.74) is 0.272. The van der Waals surface area contributed by atoms with Gasteiger partial charge in [0.2, 0.25) is 10.0 Å². The highest BCUT2D eigenvalue weighted by atomic mass is 32.2. The Morgan fingerprint density at radius 2 is 2.08 bits per heavy atom. The van der Waals surface area contributed by atoms with Crippen LogP contribution in [0, 0.1) is 5.41 Å². The molecule has 0 unspecified atom stereocenters. The van der Waals surface area contributed by atoms with Crippen LogP contribution in [0.1, 0.15) is 32.1 Å². The summed E-state index contributed by atoms with van der Waals surface area (Å²) in [5.74, 6) is 0.698. The molecule has 1 heterocycles. The fraction of sp³-hybridized carbons (Fsp3) is 0.706. The lowest BCUT2D eigenvalue weighted by Crippen LogP contribution is -2.45. The van der Waals surface area contributed by atoms with Gasteiger partial charge < -0.3 is 15.4 Å². The predicted molar refractivity (Wildman–Crippen MR) is 106 cm³/mol. The van der Waals surface area contributed by atoms with Gasteiger partial charge >= 0.3 is 0 Å². The van der Waals surface area contributed by atoms with Crippen LogP contribution in [0.3, 0.4) is 0 Å². The first-order valence-electron chi connectivity index (χ1n) is 8.98. The molecule has 9 heteroatoms. The van der Waals surface area contributed by atoms with E-state index in [0.717, 1.165) is 19.6 Å². The molecule has 0 aromatic carbocycles. The molecule has 148 valence electrons. The Hall–Kier alpha value is -1.16. The van der Waals surface area contributed by atoms with E-state index in [1.807, 2.05) is 0 Å².